The number of carbonyl (C=O) groups is 1. The molecule has 1 aliphatic rings. The molecule has 1 fully saturated rings. The molecule has 3 aromatic rings. The summed E-state index contributed by atoms with van der Waals surface area (Å²) in [5.74, 6) is 0.407. The minimum Gasteiger partial charge on any atom is -0.378 e. The fourth-order valence-corrected chi connectivity index (χ4v) is 4.84. The summed E-state index contributed by atoms with van der Waals surface area (Å²) in [6.07, 6.45) is 1.59. The first-order chi connectivity index (χ1) is 15.8. The van der Waals surface area contributed by atoms with E-state index in [1.165, 1.54) is 6.07 Å². The zero-order valence-electron chi connectivity index (χ0n) is 18.5. The molecule has 8 nitrogen and oxygen atoms in total. The number of anilines is 3. The fourth-order valence-electron chi connectivity index (χ4n) is 3.51. The first-order valence-corrected chi connectivity index (χ1v) is 12.1. The molecule has 0 radical (unpaired) electrons. The molecule has 0 aliphatic carbocycles. The van der Waals surface area contributed by atoms with Crippen LogP contribution in [-0.2, 0) is 14.8 Å². The second kappa shape index (κ2) is 9.60. The number of amides is 1. The van der Waals surface area contributed by atoms with E-state index in [-0.39, 0.29) is 10.5 Å². The Hall–Kier alpha value is -3.43. The number of aryl methyl sites for hydroxylation is 2. The lowest BCUT2D eigenvalue weighted by atomic mass is 10.1. The van der Waals surface area contributed by atoms with Gasteiger partial charge in [-0.25, -0.2) is 13.4 Å². The summed E-state index contributed by atoms with van der Waals surface area (Å²) in [5, 5.41) is 2.78. The molecule has 2 N–H and O–H groups in total. The van der Waals surface area contributed by atoms with Crippen molar-refractivity contribution in [1.82, 2.24) is 4.98 Å². The highest BCUT2D eigenvalue weighted by atomic mass is 32.2. The number of ether oxygens (including phenoxy) is 1. The highest BCUT2D eigenvalue weighted by Crippen LogP contribution is 2.22. The summed E-state index contributed by atoms with van der Waals surface area (Å²) in [6, 6.07) is 15.3. The molecule has 9 heteroatoms. The van der Waals surface area contributed by atoms with Gasteiger partial charge in [0.2, 0.25) is 0 Å². The summed E-state index contributed by atoms with van der Waals surface area (Å²) < 4.78 is 33.8. The van der Waals surface area contributed by atoms with Crippen molar-refractivity contribution in [3.63, 3.8) is 0 Å². The summed E-state index contributed by atoms with van der Waals surface area (Å²) in [7, 11) is -3.86. The number of morpholine rings is 1. The molecule has 33 heavy (non-hydrogen) atoms. The zero-order valence-corrected chi connectivity index (χ0v) is 19.4. The lowest BCUT2D eigenvalue weighted by Crippen LogP contribution is -2.36. The lowest BCUT2D eigenvalue weighted by molar-refractivity contribution is 0.102. The Morgan fingerprint density at radius 3 is 2.33 bits per heavy atom. The fraction of sp³-hybridized carbons (Fsp3) is 0.250. The highest BCUT2D eigenvalue weighted by Gasteiger charge is 2.20. The number of pyridine rings is 1. The summed E-state index contributed by atoms with van der Waals surface area (Å²) in [4.78, 5) is 19.4. The van der Waals surface area contributed by atoms with Crippen molar-refractivity contribution in [3.05, 3.63) is 77.5 Å². The second-order valence-corrected chi connectivity index (χ2v) is 9.56. The number of benzene rings is 2. The van der Waals surface area contributed by atoms with Gasteiger partial charge in [-0.2, -0.15) is 0 Å². The topological polar surface area (TPSA) is 101 Å². The molecule has 172 valence electrons. The van der Waals surface area contributed by atoms with Crippen molar-refractivity contribution in [2.24, 2.45) is 0 Å². The van der Waals surface area contributed by atoms with Crippen LogP contribution in [0, 0.1) is 13.8 Å². The predicted molar refractivity (Wildman–Crippen MR) is 128 cm³/mol. The maximum atomic E-state index is 13.0. The van der Waals surface area contributed by atoms with Gasteiger partial charge in [0.1, 0.15) is 5.82 Å². The van der Waals surface area contributed by atoms with Gasteiger partial charge < -0.3 is 15.0 Å². The molecule has 0 atom stereocenters. The van der Waals surface area contributed by atoms with Gasteiger partial charge >= 0.3 is 0 Å². The molecule has 0 saturated carbocycles. The average molecular weight is 467 g/mol. The maximum Gasteiger partial charge on any atom is 0.262 e. The molecular weight excluding hydrogens is 440 g/mol. The molecule has 1 saturated heterocycles. The quantitative estimate of drug-likeness (QED) is 0.576. The minimum absolute atomic E-state index is 0.0523. The van der Waals surface area contributed by atoms with Gasteiger partial charge in [-0.05, 0) is 55.8 Å². The molecule has 1 amide bonds. The van der Waals surface area contributed by atoms with Crippen molar-refractivity contribution in [3.8, 4) is 0 Å². The van der Waals surface area contributed by atoms with E-state index >= 15 is 0 Å². The van der Waals surface area contributed by atoms with Crippen molar-refractivity contribution >= 4 is 33.1 Å². The van der Waals surface area contributed by atoms with Crippen LogP contribution in [0.5, 0.6) is 0 Å². The third-order valence-corrected chi connectivity index (χ3v) is 6.91. The Balaban J connectivity index is 1.49. The van der Waals surface area contributed by atoms with Crippen LogP contribution in [0.2, 0.25) is 0 Å². The number of aromatic nitrogens is 1. The number of hydrogen-bond acceptors (Lipinski definition) is 6. The van der Waals surface area contributed by atoms with Crippen LogP contribution in [0.1, 0.15) is 21.5 Å². The first-order valence-electron chi connectivity index (χ1n) is 10.6. The van der Waals surface area contributed by atoms with Gasteiger partial charge in [0, 0.05) is 24.3 Å². The SMILES string of the molecule is Cc1ccc(NS(=O)(=O)c2cc(C(=O)Nc3ccc(N4CCOCC4)nc3)ccc2C)cc1. The van der Waals surface area contributed by atoms with E-state index in [1.54, 1.807) is 43.5 Å². The van der Waals surface area contributed by atoms with Crippen molar-refractivity contribution in [2.45, 2.75) is 18.7 Å². The van der Waals surface area contributed by atoms with Gasteiger partial charge in [-0.1, -0.05) is 23.8 Å². The number of hydrogen-bond donors (Lipinski definition) is 2. The normalized spacial score (nSPS) is 14.1. The average Bonchev–Trinajstić information content (AvgIpc) is 2.81. The molecule has 0 unspecified atom stereocenters. The second-order valence-electron chi connectivity index (χ2n) is 7.91. The van der Waals surface area contributed by atoms with Gasteiger partial charge in [0.15, 0.2) is 0 Å². The summed E-state index contributed by atoms with van der Waals surface area (Å²) in [6.45, 7) is 6.50. The van der Waals surface area contributed by atoms with E-state index in [2.05, 4.69) is 19.9 Å². The molecule has 1 aromatic heterocycles. The Kier molecular flexibility index (Phi) is 6.62. The largest absolute Gasteiger partial charge is 0.378 e. The summed E-state index contributed by atoms with van der Waals surface area (Å²) in [5.41, 5.74) is 2.80. The van der Waals surface area contributed by atoms with Crippen LogP contribution >= 0.6 is 0 Å². The third-order valence-electron chi connectivity index (χ3n) is 5.38. The Morgan fingerprint density at radius 1 is 0.970 bits per heavy atom. The van der Waals surface area contributed by atoms with Gasteiger partial charge in [0.25, 0.3) is 15.9 Å². The molecule has 0 spiro atoms. The van der Waals surface area contributed by atoms with E-state index in [9.17, 15) is 13.2 Å². The van der Waals surface area contributed by atoms with Crippen LogP contribution < -0.4 is 14.9 Å². The van der Waals surface area contributed by atoms with E-state index in [0.29, 0.717) is 30.2 Å². The Morgan fingerprint density at radius 2 is 1.67 bits per heavy atom. The Labute approximate surface area is 193 Å². The standard InChI is InChI=1S/C24H26N4O4S/c1-17-3-7-20(8-4-17)27-33(30,31)22-15-19(6-5-18(22)2)24(29)26-21-9-10-23(25-16-21)28-11-13-32-14-12-28/h3-10,15-16,27H,11-14H2,1-2H3,(H,26,29). The molecule has 2 aromatic carbocycles. The van der Waals surface area contributed by atoms with Crippen LogP contribution in [-0.4, -0.2) is 45.6 Å². The van der Waals surface area contributed by atoms with Crippen molar-refractivity contribution in [2.75, 3.05) is 41.2 Å². The molecular formula is C24H26N4O4S. The zero-order chi connectivity index (χ0) is 23.4. The third kappa shape index (κ3) is 5.50. The molecule has 4 rings (SSSR count). The van der Waals surface area contributed by atoms with Crippen LogP contribution in [0.4, 0.5) is 17.2 Å². The molecule has 1 aliphatic heterocycles. The maximum absolute atomic E-state index is 13.0. The van der Waals surface area contributed by atoms with Crippen LogP contribution in [0.15, 0.2) is 65.7 Å². The molecule has 2 heterocycles. The van der Waals surface area contributed by atoms with Gasteiger partial charge in [-0.3, -0.25) is 9.52 Å². The smallest absolute Gasteiger partial charge is 0.262 e. The van der Waals surface area contributed by atoms with Crippen LogP contribution in [0.3, 0.4) is 0 Å². The summed E-state index contributed by atoms with van der Waals surface area (Å²) >= 11 is 0. The number of rotatable bonds is 6. The van der Waals surface area contributed by atoms with E-state index in [0.717, 1.165) is 24.5 Å². The number of nitrogens with zero attached hydrogens (tertiary/aromatic N) is 2. The number of carbonyl (C=O) groups excluding carboxylic acids is 1. The number of sulfonamides is 1. The van der Waals surface area contributed by atoms with Crippen LogP contribution in [0.25, 0.3) is 0 Å². The number of nitrogens with one attached hydrogen (secondary N) is 2. The van der Waals surface area contributed by atoms with Gasteiger partial charge in [-0.15, -0.1) is 0 Å². The first kappa shape index (κ1) is 22.8. The van der Waals surface area contributed by atoms with E-state index < -0.39 is 15.9 Å². The lowest BCUT2D eigenvalue weighted by Gasteiger charge is -2.27. The van der Waals surface area contributed by atoms with Crippen molar-refractivity contribution < 1.29 is 17.9 Å². The monoisotopic (exact) mass is 466 g/mol. The Bertz CT molecular complexity index is 1240. The molecule has 0 bridgehead atoms. The highest BCUT2D eigenvalue weighted by molar-refractivity contribution is 7.92. The van der Waals surface area contributed by atoms with E-state index in [4.69, 9.17) is 4.74 Å². The van der Waals surface area contributed by atoms with Gasteiger partial charge in [0.05, 0.1) is 30.0 Å². The predicted octanol–water partition coefficient (Wildman–Crippen LogP) is 3.59. The minimum atomic E-state index is -3.86. The van der Waals surface area contributed by atoms with Crippen molar-refractivity contribution in [1.29, 1.82) is 0 Å². The van der Waals surface area contributed by atoms with E-state index in [1.807, 2.05) is 25.1 Å².